The topological polar surface area (TPSA) is 51.1 Å². The lowest BCUT2D eigenvalue weighted by molar-refractivity contribution is 0.477. The summed E-state index contributed by atoms with van der Waals surface area (Å²) >= 11 is 1.56. The molecular weight excluding hydrogens is 452 g/mol. The van der Waals surface area contributed by atoms with Gasteiger partial charge in [-0.1, -0.05) is 65.9 Å². The average molecular weight is 471 g/mol. The third-order valence-electron chi connectivity index (χ3n) is 6.03. The smallest absolute Gasteiger partial charge is 0.190 e. The molecule has 0 atom stereocenters. The van der Waals surface area contributed by atoms with Gasteiger partial charge in [0, 0.05) is 23.6 Å². The molecule has 0 radical (unpaired) electrons. The van der Waals surface area contributed by atoms with E-state index in [1.54, 1.807) is 23.7 Å². The molecule has 6 aromatic rings. The molecule has 1 aliphatic rings. The first-order valence-electron chi connectivity index (χ1n) is 11.3. The number of thiazole rings is 1. The van der Waals surface area contributed by atoms with Crippen LogP contribution in [0.1, 0.15) is 0 Å². The Bertz CT molecular complexity index is 1630. The van der Waals surface area contributed by atoms with Crippen LogP contribution in [0, 0.1) is 0 Å². The molecule has 0 amide bonds. The van der Waals surface area contributed by atoms with E-state index in [1.807, 2.05) is 36.4 Å². The van der Waals surface area contributed by atoms with Gasteiger partial charge in [0.05, 0.1) is 11.4 Å². The number of anilines is 3. The summed E-state index contributed by atoms with van der Waals surface area (Å²) < 4.78 is 6.18. The predicted molar refractivity (Wildman–Crippen MR) is 141 cm³/mol. The van der Waals surface area contributed by atoms with E-state index in [-0.39, 0.29) is 0 Å². The van der Waals surface area contributed by atoms with Crippen LogP contribution >= 0.6 is 11.3 Å². The second-order valence-electron chi connectivity index (χ2n) is 8.21. The molecule has 0 spiro atoms. The quantitative estimate of drug-likeness (QED) is 0.262. The molecule has 1 aliphatic heterocycles. The number of rotatable bonds is 3. The summed E-state index contributed by atoms with van der Waals surface area (Å²) in [5, 5.41) is 0.917. The van der Waals surface area contributed by atoms with Gasteiger partial charge in [0.1, 0.15) is 5.01 Å². The van der Waals surface area contributed by atoms with E-state index in [9.17, 15) is 0 Å². The Hall–Kier alpha value is -4.55. The lowest BCUT2D eigenvalue weighted by Crippen LogP contribution is -2.15. The largest absolute Gasteiger partial charge is 0.453 e. The highest BCUT2D eigenvalue weighted by Gasteiger charge is 2.25. The molecule has 2 aromatic heterocycles. The van der Waals surface area contributed by atoms with Crippen LogP contribution in [0.25, 0.3) is 32.2 Å². The molecule has 4 aromatic carbocycles. The maximum Gasteiger partial charge on any atom is 0.190 e. The highest BCUT2D eigenvalue weighted by molar-refractivity contribution is 7.21. The van der Waals surface area contributed by atoms with E-state index in [0.29, 0.717) is 5.65 Å². The molecule has 7 rings (SSSR count). The summed E-state index contributed by atoms with van der Waals surface area (Å²) in [6, 6.07) is 33.3. The van der Waals surface area contributed by atoms with Crippen LogP contribution in [0.5, 0.6) is 11.5 Å². The van der Waals surface area contributed by atoms with Crippen LogP contribution in [0.15, 0.2) is 109 Å². The highest BCUT2D eigenvalue weighted by atomic mass is 32.1. The molecule has 0 fully saturated rings. The molecule has 35 heavy (non-hydrogen) atoms. The van der Waals surface area contributed by atoms with Crippen molar-refractivity contribution in [2.24, 2.45) is 0 Å². The summed E-state index contributed by atoms with van der Waals surface area (Å²) in [5.74, 6) is 1.69. The fourth-order valence-corrected chi connectivity index (χ4v) is 5.30. The Morgan fingerprint density at radius 2 is 1.29 bits per heavy atom. The molecule has 166 valence electrons. The standard InChI is InChI=1S/C29H18N4OS/c1-3-13-25-23(11-1)33(24-12-2-4-14-26(24)34-25)22-10-6-8-20(18-22)19-7-5-9-21(17-19)28-32-27-29(35-28)31-16-15-30-27/h1-18H. The molecule has 6 heteroatoms. The predicted octanol–water partition coefficient (Wildman–Crippen LogP) is 8.00. The Morgan fingerprint density at radius 1 is 0.629 bits per heavy atom. The third-order valence-corrected chi connectivity index (χ3v) is 7.03. The van der Waals surface area contributed by atoms with Gasteiger partial charge in [-0.15, -0.1) is 0 Å². The van der Waals surface area contributed by atoms with Gasteiger partial charge in [0.25, 0.3) is 0 Å². The van der Waals surface area contributed by atoms with E-state index in [2.05, 4.69) is 80.5 Å². The molecule has 0 unspecified atom stereocenters. The highest BCUT2D eigenvalue weighted by Crippen LogP contribution is 2.50. The van der Waals surface area contributed by atoms with Gasteiger partial charge < -0.3 is 9.64 Å². The van der Waals surface area contributed by atoms with Crippen molar-refractivity contribution in [2.45, 2.75) is 0 Å². The number of benzene rings is 4. The Morgan fingerprint density at radius 3 is 2.06 bits per heavy atom. The van der Waals surface area contributed by atoms with Crippen molar-refractivity contribution >= 4 is 38.9 Å². The Balaban J connectivity index is 1.32. The summed E-state index contributed by atoms with van der Waals surface area (Å²) in [6.45, 7) is 0. The van der Waals surface area contributed by atoms with Crippen molar-refractivity contribution in [3.05, 3.63) is 109 Å². The van der Waals surface area contributed by atoms with Crippen molar-refractivity contribution in [1.82, 2.24) is 15.0 Å². The SMILES string of the molecule is c1cc(-c2cccc(N3c4ccccc4Oc4ccccc43)c2)cc(-c2nc3nccnc3s2)c1. The molecule has 0 bridgehead atoms. The van der Waals surface area contributed by atoms with Gasteiger partial charge in [-0.25, -0.2) is 15.0 Å². The monoisotopic (exact) mass is 470 g/mol. The first-order chi connectivity index (χ1) is 17.3. The summed E-state index contributed by atoms with van der Waals surface area (Å²) in [4.78, 5) is 16.5. The number of ether oxygens (including phenoxy) is 1. The molecule has 3 heterocycles. The average Bonchev–Trinajstić information content (AvgIpc) is 3.36. The lowest BCUT2D eigenvalue weighted by Gasteiger charge is -2.33. The maximum absolute atomic E-state index is 6.18. The summed E-state index contributed by atoms with van der Waals surface area (Å²) in [6.07, 6.45) is 3.38. The molecule has 5 nitrogen and oxygen atoms in total. The third kappa shape index (κ3) is 3.43. The van der Waals surface area contributed by atoms with Gasteiger partial charge in [-0.3, -0.25) is 0 Å². The van der Waals surface area contributed by atoms with Crippen molar-refractivity contribution < 1.29 is 4.74 Å². The Labute approximate surface area is 206 Å². The van der Waals surface area contributed by atoms with Crippen molar-refractivity contribution in [2.75, 3.05) is 4.90 Å². The number of hydrogen-bond donors (Lipinski definition) is 0. The molecule has 0 N–H and O–H groups in total. The minimum absolute atomic E-state index is 0.685. The van der Waals surface area contributed by atoms with Crippen molar-refractivity contribution in [3.8, 4) is 33.2 Å². The van der Waals surface area contributed by atoms with E-state index < -0.39 is 0 Å². The first-order valence-corrected chi connectivity index (χ1v) is 12.1. The first kappa shape index (κ1) is 19.9. The second-order valence-corrected chi connectivity index (χ2v) is 9.19. The molecule has 0 aliphatic carbocycles. The number of aromatic nitrogens is 3. The maximum atomic E-state index is 6.18. The van der Waals surface area contributed by atoms with E-state index in [1.165, 1.54) is 0 Å². The van der Waals surface area contributed by atoms with Crippen molar-refractivity contribution in [3.63, 3.8) is 0 Å². The molecular formula is C29H18N4OS. The molecule has 0 saturated carbocycles. The van der Waals surface area contributed by atoms with E-state index in [4.69, 9.17) is 4.74 Å². The van der Waals surface area contributed by atoms with Crippen LogP contribution in [-0.4, -0.2) is 15.0 Å². The second kappa shape index (κ2) is 8.04. The van der Waals surface area contributed by atoms with Crippen LogP contribution in [0.3, 0.4) is 0 Å². The van der Waals surface area contributed by atoms with Crippen LogP contribution < -0.4 is 9.64 Å². The van der Waals surface area contributed by atoms with Crippen LogP contribution in [-0.2, 0) is 0 Å². The number of nitrogens with zero attached hydrogens (tertiary/aromatic N) is 4. The fourth-order valence-electron chi connectivity index (χ4n) is 4.44. The number of hydrogen-bond acceptors (Lipinski definition) is 6. The number of fused-ring (bicyclic) bond motifs is 3. The van der Waals surface area contributed by atoms with Gasteiger partial charge in [0.2, 0.25) is 0 Å². The lowest BCUT2D eigenvalue weighted by atomic mass is 10.0. The summed E-state index contributed by atoms with van der Waals surface area (Å²) in [5.41, 5.74) is 7.11. The van der Waals surface area contributed by atoms with E-state index >= 15 is 0 Å². The minimum Gasteiger partial charge on any atom is -0.453 e. The normalized spacial score (nSPS) is 12.2. The van der Waals surface area contributed by atoms with Crippen molar-refractivity contribution in [1.29, 1.82) is 0 Å². The zero-order valence-electron chi connectivity index (χ0n) is 18.5. The van der Waals surface area contributed by atoms with Crippen LogP contribution in [0.2, 0.25) is 0 Å². The van der Waals surface area contributed by atoms with Crippen LogP contribution in [0.4, 0.5) is 17.1 Å². The summed E-state index contributed by atoms with van der Waals surface area (Å²) in [7, 11) is 0. The Kier molecular flexibility index (Phi) is 4.57. The zero-order chi connectivity index (χ0) is 23.2. The van der Waals surface area contributed by atoms with Gasteiger partial charge in [-0.05, 0) is 53.6 Å². The molecule has 0 saturated heterocycles. The number of para-hydroxylation sites is 4. The van der Waals surface area contributed by atoms with Gasteiger partial charge >= 0.3 is 0 Å². The van der Waals surface area contributed by atoms with Gasteiger partial charge in [-0.2, -0.15) is 0 Å². The minimum atomic E-state index is 0.685. The fraction of sp³-hybridized carbons (Fsp3) is 0. The zero-order valence-corrected chi connectivity index (χ0v) is 19.3. The van der Waals surface area contributed by atoms with E-state index in [0.717, 1.165) is 55.1 Å². The van der Waals surface area contributed by atoms with Gasteiger partial charge in [0.15, 0.2) is 22.0 Å².